The van der Waals surface area contributed by atoms with Gasteiger partial charge in [0.2, 0.25) is 11.8 Å². The predicted octanol–water partition coefficient (Wildman–Crippen LogP) is -0.991. The number of ether oxygens (including phenoxy) is 2. The van der Waals surface area contributed by atoms with Crippen LogP contribution in [0.25, 0.3) is 0 Å². The number of hydrogen-bond donors (Lipinski definition) is 0. The molecule has 2 rings (SSSR count). The van der Waals surface area contributed by atoms with Gasteiger partial charge in [-0.2, -0.15) is 0 Å². The number of carbonyl (C=O) groups is 3. The van der Waals surface area contributed by atoms with Gasteiger partial charge in [0.05, 0.1) is 26.8 Å². The molecule has 7 nitrogen and oxygen atoms in total. The van der Waals surface area contributed by atoms with Crippen LogP contribution in [0.15, 0.2) is 0 Å². The first-order valence-electron chi connectivity index (χ1n) is 6.37. The lowest BCUT2D eigenvalue weighted by atomic mass is 10.2. The number of esters is 1. The highest BCUT2D eigenvalue weighted by atomic mass is 16.6. The fraction of sp³-hybridized carbons (Fsp3) is 0.750. The molecular weight excluding hydrogens is 252 g/mol. The second kappa shape index (κ2) is 6.01. The molecule has 0 bridgehead atoms. The zero-order chi connectivity index (χ0) is 13.8. The van der Waals surface area contributed by atoms with Gasteiger partial charge in [-0.1, -0.05) is 0 Å². The van der Waals surface area contributed by atoms with E-state index in [1.807, 2.05) is 0 Å². The molecule has 0 radical (unpaired) electrons. The number of morpholine rings is 1. The molecule has 0 spiro atoms. The Morgan fingerprint density at radius 2 is 2.21 bits per heavy atom. The van der Waals surface area contributed by atoms with E-state index in [0.29, 0.717) is 26.1 Å². The number of methoxy groups -OCH3 is 1. The minimum absolute atomic E-state index is 0.0196. The number of likely N-dealkylation sites (tertiary alicyclic amines) is 1. The van der Waals surface area contributed by atoms with E-state index in [0.717, 1.165) is 6.42 Å². The SMILES string of the molecule is COC(=O)C1CN(C(=O)CN2CCCC2=O)CCO1. The molecule has 0 aliphatic carbocycles. The molecule has 0 saturated carbocycles. The molecule has 1 unspecified atom stereocenters. The summed E-state index contributed by atoms with van der Waals surface area (Å²) in [5.41, 5.74) is 0. The minimum Gasteiger partial charge on any atom is -0.467 e. The van der Waals surface area contributed by atoms with Crippen LogP contribution in [0.3, 0.4) is 0 Å². The number of nitrogens with zero attached hydrogens (tertiary/aromatic N) is 2. The highest BCUT2D eigenvalue weighted by molar-refractivity contribution is 5.86. The molecule has 2 fully saturated rings. The summed E-state index contributed by atoms with van der Waals surface area (Å²) in [5, 5.41) is 0. The summed E-state index contributed by atoms with van der Waals surface area (Å²) in [5.74, 6) is -0.603. The van der Waals surface area contributed by atoms with Crippen LogP contribution in [0, 0.1) is 0 Å². The first-order chi connectivity index (χ1) is 9.11. The Kier molecular flexibility index (Phi) is 4.36. The molecular formula is C12H18N2O5. The average Bonchev–Trinajstić information content (AvgIpc) is 2.83. The van der Waals surface area contributed by atoms with E-state index in [-0.39, 0.29) is 24.9 Å². The fourth-order valence-electron chi connectivity index (χ4n) is 2.28. The Hall–Kier alpha value is -1.63. The topological polar surface area (TPSA) is 76.2 Å². The molecule has 1 atom stereocenters. The van der Waals surface area contributed by atoms with Gasteiger partial charge in [0.15, 0.2) is 6.10 Å². The van der Waals surface area contributed by atoms with E-state index in [1.54, 1.807) is 9.80 Å². The molecule has 2 aliphatic heterocycles. The molecule has 106 valence electrons. The summed E-state index contributed by atoms with van der Waals surface area (Å²) in [6.07, 6.45) is 0.596. The molecule has 2 saturated heterocycles. The fourth-order valence-corrected chi connectivity index (χ4v) is 2.28. The van der Waals surface area contributed by atoms with Crippen LogP contribution < -0.4 is 0 Å². The van der Waals surface area contributed by atoms with Crippen molar-refractivity contribution in [3.8, 4) is 0 Å². The van der Waals surface area contributed by atoms with Crippen molar-refractivity contribution >= 4 is 17.8 Å². The van der Waals surface area contributed by atoms with E-state index < -0.39 is 12.1 Å². The smallest absolute Gasteiger partial charge is 0.336 e. The lowest BCUT2D eigenvalue weighted by molar-refractivity contribution is -0.163. The van der Waals surface area contributed by atoms with Crippen LogP contribution in [-0.4, -0.2) is 73.6 Å². The summed E-state index contributed by atoms with van der Waals surface area (Å²) in [6.45, 7) is 1.66. The van der Waals surface area contributed by atoms with Gasteiger partial charge in [-0.15, -0.1) is 0 Å². The second-order valence-corrected chi connectivity index (χ2v) is 4.64. The molecule has 2 heterocycles. The van der Waals surface area contributed by atoms with E-state index in [2.05, 4.69) is 4.74 Å². The van der Waals surface area contributed by atoms with Gasteiger partial charge in [0.1, 0.15) is 0 Å². The zero-order valence-electron chi connectivity index (χ0n) is 11.0. The lowest BCUT2D eigenvalue weighted by Crippen LogP contribution is -2.51. The van der Waals surface area contributed by atoms with Gasteiger partial charge in [-0.25, -0.2) is 4.79 Å². The van der Waals surface area contributed by atoms with Crippen molar-refractivity contribution in [2.75, 3.05) is 39.9 Å². The van der Waals surface area contributed by atoms with Gasteiger partial charge in [0, 0.05) is 19.5 Å². The number of hydrogen-bond acceptors (Lipinski definition) is 5. The van der Waals surface area contributed by atoms with Gasteiger partial charge in [-0.3, -0.25) is 9.59 Å². The van der Waals surface area contributed by atoms with Crippen LogP contribution in [-0.2, 0) is 23.9 Å². The van der Waals surface area contributed by atoms with Gasteiger partial charge >= 0.3 is 5.97 Å². The highest BCUT2D eigenvalue weighted by Crippen LogP contribution is 2.12. The Morgan fingerprint density at radius 1 is 1.42 bits per heavy atom. The van der Waals surface area contributed by atoms with Crippen molar-refractivity contribution in [3.05, 3.63) is 0 Å². The maximum atomic E-state index is 12.1. The van der Waals surface area contributed by atoms with E-state index >= 15 is 0 Å². The lowest BCUT2D eigenvalue weighted by Gasteiger charge is -2.32. The first kappa shape index (κ1) is 13.8. The van der Waals surface area contributed by atoms with Gasteiger partial charge in [0.25, 0.3) is 0 Å². The van der Waals surface area contributed by atoms with Crippen LogP contribution in [0.4, 0.5) is 0 Å². The molecule has 7 heteroatoms. The quantitative estimate of drug-likeness (QED) is 0.615. The number of amides is 2. The van der Waals surface area contributed by atoms with Crippen LogP contribution >= 0.6 is 0 Å². The average molecular weight is 270 g/mol. The Balaban J connectivity index is 1.88. The van der Waals surface area contributed by atoms with Crippen LogP contribution in [0.1, 0.15) is 12.8 Å². The van der Waals surface area contributed by atoms with Crippen molar-refractivity contribution in [3.63, 3.8) is 0 Å². The maximum absolute atomic E-state index is 12.1. The predicted molar refractivity (Wildman–Crippen MR) is 64.2 cm³/mol. The number of carbonyl (C=O) groups excluding carboxylic acids is 3. The summed E-state index contributed by atoms with van der Waals surface area (Å²) < 4.78 is 9.85. The summed E-state index contributed by atoms with van der Waals surface area (Å²) in [7, 11) is 1.29. The molecule has 2 amide bonds. The normalized spacial score (nSPS) is 23.6. The van der Waals surface area contributed by atoms with E-state index in [4.69, 9.17) is 4.74 Å². The Morgan fingerprint density at radius 3 is 2.84 bits per heavy atom. The molecule has 0 aromatic heterocycles. The molecule has 0 aromatic rings. The zero-order valence-corrected chi connectivity index (χ0v) is 11.0. The standard InChI is InChI=1S/C12H18N2O5/c1-18-12(17)9-7-14(5-6-19-9)11(16)8-13-4-2-3-10(13)15/h9H,2-8H2,1H3. The molecule has 0 aromatic carbocycles. The second-order valence-electron chi connectivity index (χ2n) is 4.64. The Labute approximate surface area is 111 Å². The Bertz CT molecular complexity index is 384. The summed E-state index contributed by atoms with van der Waals surface area (Å²) in [6, 6.07) is 0. The van der Waals surface area contributed by atoms with Gasteiger partial charge < -0.3 is 19.3 Å². The number of rotatable bonds is 3. The van der Waals surface area contributed by atoms with Crippen LogP contribution in [0.2, 0.25) is 0 Å². The first-order valence-corrected chi connectivity index (χ1v) is 6.37. The summed E-state index contributed by atoms with van der Waals surface area (Å²) >= 11 is 0. The largest absolute Gasteiger partial charge is 0.467 e. The molecule has 0 N–H and O–H groups in total. The van der Waals surface area contributed by atoms with Crippen molar-refractivity contribution in [2.24, 2.45) is 0 Å². The van der Waals surface area contributed by atoms with Gasteiger partial charge in [-0.05, 0) is 6.42 Å². The third kappa shape index (κ3) is 3.23. The minimum atomic E-state index is -0.725. The monoisotopic (exact) mass is 270 g/mol. The van der Waals surface area contributed by atoms with Crippen molar-refractivity contribution in [1.29, 1.82) is 0 Å². The van der Waals surface area contributed by atoms with Crippen molar-refractivity contribution < 1.29 is 23.9 Å². The highest BCUT2D eigenvalue weighted by Gasteiger charge is 2.31. The van der Waals surface area contributed by atoms with Crippen molar-refractivity contribution in [1.82, 2.24) is 9.80 Å². The third-order valence-corrected chi connectivity index (χ3v) is 3.38. The summed E-state index contributed by atoms with van der Waals surface area (Å²) in [4.78, 5) is 38.0. The molecule has 2 aliphatic rings. The van der Waals surface area contributed by atoms with Crippen molar-refractivity contribution in [2.45, 2.75) is 18.9 Å². The van der Waals surface area contributed by atoms with Crippen LogP contribution in [0.5, 0.6) is 0 Å². The molecule has 19 heavy (non-hydrogen) atoms. The maximum Gasteiger partial charge on any atom is 0.336 e. The van der Waals surface area contributed by atoms with E-state index in [9.17, 15) is 14.4 Å². The van der Waals surface area contributed by atoms with E-state index in [1.165, 1.54) is 7.11 Å². The third-order valence-electron chi connectivity index (χ3n) is 3.38.